The molecule has 0 saturated heterocycles. The Labute approximate surface area is 181 Å². The summed E-state index contributed by atoms with van der Waals surface area (Å²) in [6.07, 6.45) is 0.432. The molecule has 0 unspecified atom stereocenters. The number of aryl methyl sites for hydroxylation is 2. The Morgan fingerprint density at radius 3 is 1.25 bits per heavy atom. The fraction of sp³-hybridized carbons (Fsp3) is 0.571. The van der Waals surface area contributed by atoms with Gasteiger partial charge in [-0.15, -0.1) is 20.4 Å². The lowest BCUT2D eigenvalue weighted by molar-refractivity contribution is -0.345. The molecule has 8 nitrogen and oxygen atoms in total. The first-order valence-corrected chi connectivity index (χ1v) is 10.0. The van der Waals surface area contributed by atoms with Crippen LogP contribution in [0.25, 0.3) is 0 Å². The number of carbonyl (C=O) groups is 2. The van der Waals surface area contributed by atoms with Gasteiger partial charge in [0.05, 0.1) is 0 Å². The molecule has 0 saturated carbocycles. The van der Waals surface area contributed by atoms with Gasteiger partial charge in [-0.05, 0) is 12.8 Å². The number of hydrogen-bond donors (Lipinski definition) is 2. The molecule has 178 valence electrons. The molecule has 0 aliphatic carbocycles. The summed E-state index contributed by atoms with van der Waals surface area (Å²) in [5.74, 6) is -32.9. The molecule has 0 spiro atoms. The van der Waals surface area contributed by atoms with Gasteiger partial charge in [0.2, 0.25) is 10.3 Å². The van der Waals surface area contributed by atoms with E-state index in [-0.39, 0.29) is 22.9 Å². The molecule has 32 heavy (non-hydrogen) atoms. The number of aromatic nitrogens is 4. The molecule has 18 heteroatoms. The Balaban J connectivity index is 2.28. The number of alkyl halides is 8. The van der Waals surface area contributed by atoms with Gasteiger partial charge in [-0.3, -0.25) is 20.2 Å². The highest BCUT2D eigenvalue weighted by atomic mass is 32.1. The number of halogens is 8. The number of anilines is 2. The summed E-state index contributed by atoms with van der Waals surface area (Å²) in [5, 5.41) is 14.2. The van der Waals surface area contributed by atoms with Crippen LogP contribution < -0.4 is 10.6 Å². The van der Waals surface area contributed by atoms with Crippen LogP contribution in [-0.2, 0) is 22.4 Å². The van der Waals surface area contributed by atoms with E-state index in [4.69, 9.17) is 0 Å². The van der Waals surface area contributed by atoms with Gasteiger partial charge in [0.15, 0.2) is 0 Å². The number of nitrogens with zero attached hydrogens (tertiary/aromatic N) is 4. The predicted molar refractivity (Wildman–Crippen MR) is 95.6 cm³/mol. The summed E-state index contributed by atoms with van der Waals surface area (Å²) in [4.78, 5) is 23.1. The smallest absolute Gasteiger partial charge is 0.295 e. The third kappa shape index (κ3) is 4.37. The molecular formula is C14H12F8N6O2S2. The van der Waals surface area contributed by atoms with Gasteiger partial charge in [0.1, 0.15) is 10.0 Å². The van der Waals surface area contributed by atoms with Crippen LogP contribution >= 0.6 is 22.7 Å². The molecule has 2 amide bonds. The van der Waals surface area contributed by atoms with Crippen LogP contribution in [0.5, 0.6) is 0 Å². The summed E-state index contributed by atoms with van der Waals surface area (Å²) < 4.78 is 112. The Hall–Kier alpha value is -2.50. The van der Waals surface area contributed by atoms with E-state index in [0.717, 1.165) is 10.6 Å². The van der Waals surface area contributed by atoms with Crippen LogP contribution in [0.15, 0.2) is 0 Å². The molecule has 0 radical (unpaired) electrons. The highest BCUT2D eigenvalue weighted by Crippen LogP contribution is 2.53. The maximum absolute atomic E-state index is 14.0. The average Bonchev–Trinajstić information content (AvgIpc) is 3.36. The third-order valence-electron chi connectivity index (χ3n) is 3.73. The number of rotatable bonds is 9. The third-order valence-corrected chi connectivity index (χ3v) is 5.70. The molecule has 0 aliphatic rings. The van der Waals surface area contributed by atoms with Crippen molar-refractivity contribution in [3.05, 3.63) is 10.0 Å². The maximum atomic E-state index is 14.0. The summed E-state index contributed by atoms with van der Waals surface area (Å²) in [5.41, 5.74) is 0. The van der Waals surface area contributed by atoms with Crippen molar-refractivity contribution in [3.8, 4) is 0 Å². The van der Waals surface area contributed by atoms with Crippen LogP contribution in [0.2, 0.25) is 0 Å². The highest BCUT2D eigenvalue weighted by molar-refractivity contribution is 7.15. The fourth-order valence-corrected chi connectivity index (χ4v) is 3.27. The summed E-state index contributed by atoms with van der Waals surface area (Å²) in [6.45, 7) is 3.10. The molecule has 2 rings (SSSR count). The van der Waals surface area contributed by atoms with Crippen molar-refractivity contribution in [2.24, 2.45) is 0 Å². The maximum Gasteiger partial charge on any atom is 0.393 e. The van der Waals surface area contributed by atoms with Gasteiger partial charge >= 0.3 is 35.5 Å². The second-order valence-electron chi connectivity index (χ2n) is 5.91. The molecule has 0 bridgehead atoms. The van der Waals surface area contributed by atoms with Gasteiger partial charge in [-0.1, -0.05) is 36.5 Å². The summed E-state index contributed by atoms with van der Waals surface area (Å²) in [6, 6.07) is 0. The van der Waals surface area contributed by atoms with Crippen molar-refractivity contribution >= 4 is 44.8 Å². The van der Waals surface area contributed by atoms with E-state index < -0.39 is 45.8 Å². The zero-order chi connectivity index (χ0) is 24.5. The van der Waals surface area contributed by atoms with E-state index in [1.54, 1.807) is 13.8 Å². The van der Waals surface area contributed by atoms with Crippen molar-refractivity contribution in [3.63, 3.8) is 0 Å². The normalized spacial score (nSPS) is 13.2. The average molecular weight is 512 g/mol. The predicted octanol–water partition coefficient (Wildman–Crippen LogP) is 3.63. The first kappa shape index (κ1) is 25.8. The van der Waals surface area contributed by atoms with Crippen LogP contribution in [0.3, 0.4) is 0 Å². The summed E-state index contributed by atoms with van der Waals surface area (Å²) >= 11 is 0.934. The van der Waals surface area contributed by atoms with Gasteiger partial charge in [-0.25, -0.2) is 0 Å². The minimum atomic E-state index is -7.00. The molecule has 0 aliphatic heterocycles. The first-order valence-electron chi connectivity index (χ1n) is 8.40. The number of amides is 2. The zero-order valence-electron chi connectivity index (χ0n) is 15.9. The molecule has 0 fully saturated rings. The standard InChI is InChI=1S/C14H12F8N6O2S2/c1-3-5-25-27-9(31-5)23-7(29)11(15,16)13(19,20)14(21,22)12(17,18)8(30)24-10-28-26-6(4-2)32-10/h3-4H2,1-2H3,(H,23,27,29)(H,24,28,30). The van der Waals surface area contributed by atoms with E-state index in [9.17, 15) is 44.7 Å². The molecular weight excluding hydrogens is 500 g/mol. The highest BCUT2D eigenvalue weighted by Gasteiger charge is 2.84. The fourth-order valence-electron chi connectivity index (χ4n) is 1.92. The number of nitrogens with one attached hydrogen (secondary N) is 2. The van der Waals surface area contributed by atoms with Crippen molar-refractivity contribution in [2.75, 3.05) is 10.6 Å². The summed E-state index contributed by atoms with van der Waals surface area (Å²) in [7, 11) is 0. The SMILES string of the molecule is CCc1nnc(NC(=O)C(F)(F)C(F)(F)C(F)(F)C(F)(F)C(=O)Nc2nnc(CC)s2)s1. The molecule has 0 aromatic carbocycles. The van der Waals surface area contributed by atoms with Crippen LogP contribution in [0.1, 0.15) is 23.9 Å². The number of carbonyl (C=O) groups excluding carboxylic acids is 2. The lowest BCUT2D eigenvalue weighted by atomic mass is 9.97. The van der Waals surface area contributed by atoms with E-state index in [1.807, 2.05) is 0 Å². The largest absolute Gasteiger partial charge is 0.393 e. The minimum absolute atomic E-state index is 0.173. The van der Waals surface area contributed by atoms with Gasteiger partial charge < -0.3 is 0 Å². The van der Waals surface area contributed by atoms with E-state index in [1.165, 1.54) is 0 Å². The van der Waals surface area contributed by atoms with Crippen LogP contribution in [-0.4, -0.2) is 55.9 Å². The quantitative estimate of drug-likeness (QED) is 0.497. The topological polar surface area (TPSA) is 110 Å². The molecule has 0 atom stereocenters. The van der Waals surface area contributed by atoms with Crippen LogP contribution in [0.4, 0.5) is 45.4 Å². The van der Waals surface area contributed by atoms with Crippen molar-refractivity contribution < 1.29 is 44.7 Å². The lowest BCUT2D eigenvalue weighted by Gasteiger charge is -2.34. The van der Waals surface area contributed by atoms with Gasteiger partial charge in [0.25, 0.3) is 0 Å². The zero-order valence-corrected chi connectivity index (χ0v) is 17.5. The second-order valence-corrected chi connectivity index (χ2v) is 8.04. The minimum Gasteiger partial charge on any atom is -0.295 e. The van der Waals surface area contributed by atoms with Crippen molar-refractivity contribution in [1.82, 2.24) is 20.4 Å². The van der Waals surface area contributed by atoms with Crippen molar-refractivity contribution in [2.45, 2.75) is 50.4 Å². The molecule has 2 N–H and O–H groups in total. The van der Waals surface area contributed by atoms with E-state index in [0.29, 0.717) is 22.7 Å². The molecule has 2 aromatic rings. The molecule has 2 aromatic heterocycles. The Kier molecular flexibility index (Phi) is 7.08. The van der Waals surface area contributed by atoms with Gasteiger partial charge in [-0.2, -0.15) is 35.1 Å². The molecule has 2 heterocycles. The van der Waals surface area contributed by atoms with E-state index in [2.05, 4.69) is 20.4 Å². The lowest BCUT2D eigenvalue weighted by Crippen LogP contribution is -2.67. The Bertz CT molecular complexity index is 917. The number of hydrogen-bond acceptors (Lipinski definition) is 8. The Morgan fingerprint density at radius 1 is 0.688 bits per heavy atom. The van der Waals surface area contributed by atoms with E-state index >= 15 is 0 Å². The van der Waals surface area contributed by atoms with Gasteiger partial charge in [0, 0.05) is 0 Å². The van der Waals surface area contributed by atoms with Crippen LogP contribution in [0, 0.1) is 0 Å². The van der Waals surface area contributed by atoms with Crippen molar-refractivity contribution in [1.29, 1.82) is 0 Å². The monoisotopic (exact) mass is 512 g/mol. The first-order chi connectivity index (χ1) is 14.6. The Morgan fingerprint density at radius 2 is 1.00 bits per heavy atom. The second kappa shape index (κ2) is 8.80.